The Balaban J connectivity index is 1.79. The highest BCUT2D eigenvalue weighted by Gasteiger charge is 2.25. The number of aromatic nitrogens is 1. The third kappa shape index (κ3) is 3.90. The molecule has 0 aliphatic heterocycles. The first-order valence-electron chi connectivity index (χ1n) is 9.12. The fourth-order valence-corrected chi connectivity index (χ4v) is 3.99. The first kappa shape index (κ1) is 19.2. The summed E-state index contributed by atoms with van der Waals surface area (Å²) in [7, 11) is 3.95. The van der Waals surface area contributed by atoms with Crippen LogP contribution < -0.4 is 15.4 Å². The minimum Gasteiger partial charge on any atom is -0.422 e. The van der Waals surface area contributed by atoms with Gasteiger partial charge in [-0.1, -0.05) is 29.5 Å². The van der Waals surface area contributed by atoms with Gasteiger partial charge < -0.3 is 9.32 Å². The molecule has 1 amide bonds. The molecule has 0 saturated carbocycles. The minimum atomic E-state index is -0.692. The van der Waals surface area contributed by atoms with Gasteiger partial charge in [-0.15, -0.1) is 0 Å². The summed E-state index contributed by atoms with van der Waals surface area (Å²) in [5.74, 6) is -0.844. The van der Waals surface area contributed by atoms with E-state index in [4.69, 9.17) is 4.42 Å². The smallest absolute Gasteiger partial charge is 0.349 e. The molecule has 29 heavy (non-hydrogen) atoms. The van der Waals surface area contributed by atoms with E-state index in [1.165, 1.54) is 28.4 Å². The summed E-state index contributed by atoms with van der Waals surface area (Å²) in [6, 6.07) is 12.9. The van der Waals surface area contributed by atoms with E-state index in [-0.39, 0.29) is 11.4 Å². The summed E-state index contributed by atoms with van der Waals surface area (Å²) in [5.41, 5.74) is 0.284. The molecule has 4 aromatic rings. The van der Waals surface area contributed by atoms with Crippen molar-refractivity contribution in [2.45, 2.75) is 0 Å². The number of fused-ring (bicyclic) bond motifs is 2. The number of carbonyl (C=O) groups excluding carboxylic acids is 1. The van der Waals surface area contributed by atoms with Gasteiger partial charge in [0.15, 0.2) is 5.13 Å². The Morgan fingerprint density at radius 3 is 2.79 bits per heavy atom. The second-order valence-corrected chi connectivity index (χ2v) is 8.02. The Morgan fingerprint density at radius 1 is 1.21 bits per heavy atom. The molecule has 0 aliphatic carbocycles. The zero-order chi connectivity index (χ0) is 20.5. The molecule has 0 aliphatic rings. The molecule has 1 N–H and O–H groups in total. The van der Waals surface area contributed by atoms with Gasteiger partial charge in [0, 0.05) is 5.39 Å². The van der Waals surface area contributed by atoms with Crippen molar-refractivity contribution in [1.82, 2.24) is 4.98 Å². The number of hydrogen-bond acceptors (Lipinski definition) is 5. The van der Waals surface area contributed by atoms with Gasteiger partial charge in [0.25, 0.3) is 5.91 Å². The first-order valence-corrected chi connectivity index (χ1v) is 9.94. The molecule has 6 nitrogen and oxygen atoms in total. The van der Waals surface area contributed by atoms with Crippen molar-refractivity contribution >= 4 is 43.6 Å². The molecule has 0 radical (unpaired) electrons. The van der Waals surface area contributed by atoms with E-state index in [9.17, 15) is 14.0 Å². The van der Waals surface area contributed by atoms with Crippen LogP contribution in [0.3, 0.4) is 0 Å². The first-order chi connectivity index (χ1) is 13.9. The number of hydrogen-bond donors (Lipinski definition) is 1. The highest BCUT2D eigenvalue weighted by Crippen LogP contribution is 2.30. The maximum absolute atomic E-state index is 13.6. The number of quaternary nitrogens is 1. The number of nitrogens with one attached hydrogen (secondary N) is 1. The molecule has 8 heteroatoms. The normalized spacial score (nSPS) is 11.4. The van der Waals surface area contributed by atoms with Crippen LogP contribution in [-0.4, -0.2) is 38.1 Å². The van der Waals surface area contributed by atoms with Gasteiger partial charge in [-0.25, -0.2) is 14.2 Å². The second kappa shape index (κ2) is 7.73. The number of nitrogens with zero attached hydrogens (tertiary/aromatic N) is 2. The molecule has 2 aromatic heterocycles. The number of anilines is 1. The monoisotopic (exact) mass is 412 g/mol. The van der Waals surface area contributed by atoms with Gasteiger partial charge in [0.1, 0.15) is 17.0 Å². The van der Waals surface area contributed by atoms with Crippen LogP contribution in [-0.2, 0) is 0 Å². The summed E-state index contributed by atoms with van der Waals surface area (Å²) >= 11 is 1.22. The molecule has 0 unspecified atom stereocenters. The lowest BCUT2D eigenvalue weighted by Crippen LogP contribution is -3.06. The number of carbonyl (C=O) groups is 1. The van der Waals surface area contributed by atoms with E-state index in [0.717, 1.165) is 4.90 Å². The van der Waals surface area contributed by atoms with Crippen LogP contribution in [0.2, 0.25) is 0 Å². The maximum Gasteiger partial charge on any atom is 0.349 e. The average Bonchev–Trinajstić information content (AvgIpc) is 3.09. The zero-order valence-electron chi connectivity index (χ0n) is 15.9. The Labute approximate surface area is 169 Å². The van der Waals surface area contributed by atoms with Crippen LogP contribution in [0.5, 0.6) is 0 Å². The molecule has 0 fully saturated rings. The second-order valence-electron chi connectivity index (χ2n) is 7.01. The van der Waals surface area contributed by atoms with Gasteiger partial charge in [-0.05, 0) is 30.3 Å². The minimum absolute atomic E-state index is 0.0529. The Kier molecular flexibility index (Phi) is 5.12. The van der Waals surface area contributed by atoms with Crippen molar-refractivity contribution in [2.24, 2.45) is 0 Å². The van der Waals surface area contributed by atoms with Crippen molar-refractivity contribution in [3.63, 3.8) is 0 Å². The van der Waals surface area contributed by atoms with E-state index in [2.05, 4.69) is 4.98 Å². The van der Waals surface area contributed by atoms with Crippen LogP contribution in [0, 0.1) is 5.82 Å². The Bertz CT molecular complexity index is 1260. The summed E-state index contributed by atoms with van der Waals surface area (Å²) in [5, 5.41) is 1.09. The molecule has 4 rings (SSSR count). The number of rotatable bonds is 5. The number of likely N-dealkylation sites (N-methyl/N-ethyl adjacent to an activating group) is 1. The predicted molar refractivity (Wildman–Crippen MR) is 111 cm³/mol. The highest BCUT2D eigenvalue weighted by atomic mass is 32.1. The average molecular weight is 412 g/mol. The van der Waals surface area contributed by atoms with Crippen LogP contribution >= 0.6 is 11.3 Å². The number of halogens is 1. The van der Waals surface area contributed by atoms with Crippen molar-refractivity contribution in [3.05, 3.63) is 70.3 Å². The summed E-state index contributed by atoms with van der Waals surface area (Å²) < 4.78 is 19.5. The molecule has 0 saturated heterocycles. The van der Waals surface area contributed by atoms with E-state index in [1.807, 2.05) is 20.2 Å². The molecular weight excluding hydrogens is 393 g/mol. The Hall–Kier alpha value is -3.10. The van der Waals surface area contributed by atoms with Crippen LogP contribution in [0.15, 0.2) is 57.7 Å². The predicted octanol–water partition coefficient (Wildman–Crippen LogP) is 2.33. The SMILES string of the molecule is C[NH+](C)CCN(C(=O)c1cc2ccccc2oc1=O)c1nc2ccc(F)cc2s1. The maximum atomic E-state index is 13.6. The molecule has 0 atom stereocenters. The standard InChI is InChI=1S/C21H18FN3O3S/c1-24(2)9-10-25(21-23-16-8-7-14(22)12-18(16)29-21)19(26)15-11-13-5-3-4-6-17(13)28-20(15)27/h3-8,11-12H,9-10H2,1-2H3/p+1. The van der Waals surface area contributed by atoms with Crippen LogP contribution in [0.25, 0.3) is 21.2 Å². The van der Waals surface area contributed by atoms with E-state index < -0.39 is 11.5 Å². The number of para-hydroxylation sites is 1. The zero-order valence-corrected chi connectivity index (χ0v) is 16.8. The molecule has 2 aromatic carbocycles. The van der Waals surface area contributed by atoms with Gasteiger partial charge >= 0.3 is 5.63 Å². The van der Waals surface area contributed by atoms with Gasteiger partial charge in [0.05, 0.1) is 37.4 Å². The molecular formula is C21H19FN3O3S+. The fourth-order valence-electron chi connectivity index (χ4n) is 2.98. The fraction of sp³-hybridized carbons (Fsp3) is 0.190. The van der Waals surface area contributed by atoms with Gasteiger partial charge in [0.2, 0.25) is 0 Å². The number of amides is 1. The molecule has 0 spiro atoms. The number of benzene rings is 2. The van der Waals surface area contributed by atoms with Crippen molar-refractivity contribution in [3.8, 4) is 0 Å². The topological polar surface area (TPSA) is 67.8 Å². The quantitative estimate of drug-likeness (QED) is 0.511. The summed E-state index contributed by atoms with van der Waals surface area (Å²) in [6.07, 6.45) is 0. The van der Waals surface area contributed by atoms with Crippen LogP contribution in [0.4, 0.5) is 9.52 Å². The lowest BCUT2D eigenvalue weighted by Gasteiger charge is -2.20. The molecule has 2 heterocycles. The lowest BCUT2D eigenvalue weighted by molar-refractivity contribution is -0.856. The summed E-state index contributed by atoms with van der Waals surface area (Å²) in [6.45, 7) is 1.00. The number of thiazole rings is 1. The lowest BCUT2D eigenvalue weighted by atomic mass is 10.1. The van der Waals surface area contributed by atoms with E-state index >= 15 is 0 Å². The van der Waals surface area contributed by atoms with E-state index in [0.29, 0.717) is 39.4 Å². The van der Waals surface area contributed by atoms with Crippen molar-refractivity contribution in [2.75, 3.05) is 32.1 Å². The summed E-state index contributed by atoms with van der Waals surface area (Å²) in [4.78, 5) is 32.9. The van der Waals surface area contributed by atoms with Gasteiger partial charge in [-0.2, -0.15) is 0 Å². The third-order valence-corrected chi connectivity index (χ3v) is 5.56. The molecule has 148 valence electrons. The Morgan fingerprint density at radius 2 is 2.00 bits per heavy atom. The van der Waals surface area contributed by atoms with Crippen molar-refractivity contribution < 1.29 is 18.5 Å². The van der Waals surface area contributed by atoms with Gasteiger partial charge in [-0.3, -0.25) is 9.69 Å². The molecule has 0 bridgehead atoms. The van der Waals surface area contributed by atoms with Crippen LogP contribution in [0.1, 0.15) is 10.4 Å². The highest BCUT2D eigenvalue weighted by molar-refractivity contribution is 7.22. The van der Waals surface area contributed by atoms with Crippen molar-refractivity contribution in [1.29, 1.82) is 0 Å². The third-order valence-electron chi connectivity index (χ3n) is 4.52. The largest absolute Gasteiger partial charge is 0.422 e. The van der Waals surface area contributed by atoms with E-state index in [1.54, 1.807) is 30.3 Å².